The van der Waals surface area contributed by atoms with Crippen LogP contribution in [-0.4, -0.2) is 61.0 Å². The number of carbonyl (C=O) groups excluding carboxylic acids is 2. The normalized spacial score (nSPS) is 21.9. The van der Waals surface area contributed by atoms with Crippen molar-refractivity contribution in [2.45, 2.75) is 45.7 Å². The van der Waals surface area contributed by atoms with Crippen LogP contribution in [-0.2, 0) is 4.79 Å². The molecule has 0 bridgehead atoms. The molecule has 2 unspecified atom stereocenters. The van der Waals surface area contributed by atoms with E-state index < -0.39 is 0 Å². The van der Waals surface area contributed by atoms with Crippen LogP contribution in [0.5, 0.6) is 0 Å². The van der Waals surface area contributed by atoms with Gasteiger partial charge in [-0.3, -0.25) is 9.59 Å². The fourth-order valence-electron chi connectivity index (χ4n) is 4.15. The zero-order valence-electron chi connectivity index (χ0n) is 17.5. The number of nitrogens with one attached hydrogen (secondary N) is 4. The number of H-pyrrole nitrogens is 1. The first-order chi connectivity index (χ1) is 13.2. The minimum Gasteiger partial charge on any atom is -0.360 e. The van der Waals surface area contributed by atoms with Gasteiger partial charge in [-0.1, -0.05) is 18.2 Å². The Labute approximate surface area is 167 Å². The molecule has 6 nitrogen and oxygen atoms in total. The Morgan fingerprint density at radius 3 is 2.64 bits per heavy atom. The number of hydrogen-bond acceptors (Lipinski definition) is 2. The van der Waals surface area contributed by atoms with Crippen LogP contribution in [0.4, 0.5) is 0 Å². The van der Waals surface area contributed by atoms with Gasteiger partial charge in [0.2, 0.25) is 5.78 Å². The van der Waals surface area contributed by atoms with Gasteiger partial charge in [-0.15, -0.1) is 0 Å². The Kier molecular flexibility index (Phi) is 6.20. The molecule has 0 spiro atoms. The Bertz CT molecular complexity index is 836. The van der Waals surface area contributed by atoms with Gasteiger partial charge < -0.3 is 20.1 Å². The second-order valence-corrected chi connectivity index (χ2v) is 9.07. The van der Waals surface area contributed by atoms with E-state index in [0.29, 0.717) is 6.54 Å². The quantitative estimate of drug-likeness (QED) is 0.539. The van der Waals surface area contributed by atoms with Gasteiger partial charge in [0.25, 0.3) is 5.91 Å². The van der Waals surface area contributed by atoms with E-state index in [-0.39, 0.29) is 23.3 Å². The largest absolute Gasteiger partial charge is 0.360 e. The van der Waals surface area contributed by atoms with Crippen molar-refractivity contribution >= 4 is 22.6 Å². The number of para-hydroxylation sites is 1. The van der Waals surface area contributed by atoms with Crippen molar-refractivity contribution in [1.82, 2.24) is 10.3 Å². The highest BCUT2D eigenvalue weighted by atomic mass is 16.2. The van der Waals surface area contributed by atoms with Crippen molar-refractivity contribution in [3.8, 4) is 0 Å². The maximum absolute atomic E-state index is 13.1. The molecule has 1 aromatic heterocycles. The van der Waals surface area contributed by atoms with E-state index in [1.165, 1.54) is 9.80 Å². The fraction of sp³-hybridized carbons (Fsp3) is 0.545. The van der Waals surface area contributed by atoms with Crippen LogP contribution in [0, 0.1) is 0 Å². The summed E-state index contributed by atoms with van der Waals surface area (Å²) in [7, 11) is 0. The number of carbonyl (C=O) groups is 2. The number of fused-ring (bicyclic) bond motifs is 1. The molecule has 6 heteroatoms. The summed E-state index contributed by atoms with van der Waals surface area (Å²) in [6.45, 7) is 12.3. The molecule has 0 radical (unpaired) electrons. The third-order valence-electron chi connectivity index (χ3n) is 5.61. The molecule has 0 saturated carbocycles. The van der Waals surface area contributed by atoms with Crippen LogP contribution < -0.4 is 15.1 Å². The average Bonchev–Trinajstić information content (AvgIpc) is 2.92. The lowest BCUT2D eigenvalue weighted by Gasteiger charge is -2.24. The molecular formula is C22H34N4O2+2. The molecule has 1 aromatic carbocycles. The van der Waals surface area contributed by atoms with Crippen molar-refractivity contribution in [2.75, 3.05) is 32.7 Å². The molecule has 4 N–H and O–H groups in total. The second-order valence-electron chi connectivity index (χ2n) is 9.07. The summed E-state index contributed by atoms with van der Waals surface area (Å²) in [5.41, 5.74) is 1.60. The molecule has 1 fully saturated rings. The summed E-state index contributed by atoms with van der Waals surface area (Å²) in [5.74, 6) is 0.301. The Morgan fingerprint density at radius 2 is 1.89 bits per heavy atom. The highest BCUT2D eigenvalue weighted by Gasteiger charge is 2.31. The molecular weight excluding hydrogens is 352 g/mol. The minimum atomic E-state index is -0.195. The number of amides is 1. The molecule has 28 heavy (non-hydrogen) atoms. The van der Waals surface area contributed by atoms with E-state index in [0.717, 1.165) is 49.1 Å². The van der Waals surface area contributed by atoms with Crippen molar-refractivity contribution in [3.05, 3.63) is 36.0 Å². The van der Waals surface area contributed by atoms with Gasteiger partial charge in [0.05, 0.1) is 13.1 Å². The highest BCUT2D eigenvalue weighted by molar-refractivity contribution is 6.09. The van der Waals surface area contributed by atoms with Crippen LogP contribution in [0.2, 0.25) is 0 Å². The van der Waals surface area contributed by atoms with Crippen LogP contribution in [0.1, 0.15) is 44.5 Å². The summed E-state index contributed by atoms with van der Waals surface area (Å²) >= 11 is 0. The number of hydrogen-bond donors (Lipinski definition) is 4. The molecule has 1 aliphatic heterocycles. The third-order valence-corrected chi connectivity index (χ3v) is 5.61. The summed E-state index contributed by atoms with van der Waals surface area (Å²) in [6, 6.07) is 7.87. The van der Waals surface area contributed by atoms with Crippen LogP contribution in [0.3, 0.4) is 0 Å². The maximum Gasteiger partial charge on any atom is 0.275 e. The van der Waals surface area contributed by atoms with Gasteiger partial charge in [0.1, 0.15) is 19.1 Å². The zero-order chi connectivity index (χ0) is 20.3. The van der Waals surface area contributed by atoms with Gasteiger partial charge in [-0.05, 0) is 33.8 Å². The predicted molar refractivity (Wildman–Crippen MR) is 111 cm³/mol. The number of ketones is 1. The summed E-state index contributed by atoms with van der Waals surface area (Å²) in [4.78, 5) is 31.2. The second kappa shape index (κ2) is 8.45. The maximum atomic E-state index is 13.1. The van der Waals surface area contributed by atoms with Gasteiger partial charge >= 0.3 is 0 Å². The van der Waals surface area contributed by atoms with E-state index in [9.17, 15) is 9.59 Å². The predicted octanol–water partition coefficient (Wildman–Crippen LogP) is -0.173. The Balaban J connectivity index is 1.60. The van der Waals surface area contributed by atoms with Gasteiger partial charge in [-0.2, -0.15) is 0 Å². The van der Waals surface area contributed by atoms with E-state index in [4.69, 9.17) is 0 Å². The van der Waals surface area contributed by atoms with Crippen molar-refractivity contribution in [2.24, 2.45) is 0 Å². The molecule has 1 amide bonds. The number of benzene rings is 1. The lowest BCUT2D eigenvalue weighted by Crippen LogP contribution is -3.20. The van der Waals surface area contributed by atoms with Gasteiger partial charge in [-0.25, -0.2) is 0 Å². The molecule has 152 valence electrons. The molecule has 0 aliphatic carbocycles. The number of Topliss-reactive ketones (excluding diaryl/α,β-unsaturated/α-hetero) is 1. The zero-order valence-corrected chi connectivity index (χ0v) is 17.5. The number of quaternary nitrogens is 2. The SMILES string of the molecule is C[C@H](C(=O)c1c[nH]c2ccccc12)[NH+]1CCC[NH+](CC(=O)NC(C)(C)C)CC1. The Hall–Kier alpha value is -2.18. The number of rotatable bonds is 5. The number of aromatic amines is 1. The highest BCUT2D eigenvalue weighted by Crippen LogP contribution is 2.18. The fourth-order valence-corrected chi connectivity index (χ4v) is 4.15. The van der Waals surface area contributed by atoms with Crippen LogP contribution in [0.25, 0.3) is 10.9 Å². The summed E-state index contributed by atoms with van der Waals surface area (Å²) in [5, 5.41) is 4.05. The molecule has 2 aromatic rings. The van der Waals surface area contributed by atoms with Crippen LogP contribution >= 0.6 is 0 Å². The van der Waals surface area contributed by atoms with Gasteiger partial charge in [0.15, 0.2) is 6.54 Å². The van der Waals surface area contributed by atoms with E-state index >= 15 is 0 Å². The topological polar surface area (TPSA) is 70.8 Å². The minimum absolute atomic E-state index is 0.0815. The Morgan fingerprint density at radius 1 is 1.14 bits per heavy atom. The molecule has 3 atom stereocenters. The molecule has 3 rings (SSSR count). The monoisotopic (exact) mass is 386 g/mol. The summed E-state index contributed by atoms with van der Waals surface area (Å²) < 4.78 is 0. The lowest BCUT2D eigenvalue weighted by atomic mass is 10.0. The standard InChI is InChI=1S/C22H32N4O2/c1-16(21(28)18-14-23-19-9-6-5-8-17(18)19)26-11-7-10-25(12-13-26)15-20(27)24-22(2,3)4/h5-6,8-9,14,16,23H,7,10-13,15H2,1-4H3,(H,24,27)/p+2/t16-/m1/s1. The van der Waals surface area contributed by atoms with E-state index in [2.05, 4.69) is 10.3 Å². The summed E-state index contributed by atoms with van der Waals surface area (Å²) in [6.07, 6.45) is 2.87. The van der Waals surface area contributed by atoms with Crippen LogP contribution in [0.15, 0.2) is 30.5 Å². The van der Waals surface area contributed by atoms with Crippen molar-refractivity contribution in [3.63, 3.8) is 0 Å². The first-order valence-electron chi connectivity index (χ1n) is 10.3. The smallest absolute Gasteiger partial charge is 0.275 e. The van der Waals surface area contributed by atoms with E-state index in [1.807, 2.05) is 58.2 Å². The first kappa shape index (κ1) is 20.6. The van der Waals surface area contributed by atoms with E-state index in [1.54, 1.807) is 0 Å². The number of aromatic nitrogens is 1. The first-order valence-corrected chi connectivity index (χ1v) is 10.3. The molecule has 1 saturated heterocycles. The van der Waals surface area contributed by atoms with Crippen molar-refractivity contribution < 1.29 is 19.4 Å². The van der Waals surface area contributed by atoms with Gasteiger partial charge in [0, 0.05) is 34.6 Å². The van der Waals surface area contributed by atoms with Crippen molar-refractivity contribution in [1.29, 1.82) is 0 Å². The third kappa shape index (κ3) is 5.00. The average molecular weight is 387 g/mol. The lowest BCUT2D eigenvalue weighted by molar-refractivity contribution is -0.942. The molecule has 2 heterocycles. The molecule has 1 aliphatic rings.